The number of carbonyl (C=O) groups is 3. The van der Waals surface area contributed by atoms with Gasteiger partial charge in [-0.3, -0.25) is 23.4 Å². The fourth-order valence-electron chi connectivity index (χ4n) is 6.86. The highest BCUT2D eigenvalue weighted by Crippen LogP contribution is 2.43. The van der Waals surface area contributed by atoms with Crippen LogP contribution in [0.2, 0.25) is 0 Å². The van der Waals surface area contributed by atoms with E-state index >= 15 is 0 Å². The monoisotopic (exact) mass is 872 g/mol. The van der Waals surface area contributed by atoms with Crippen LogP contribution in [0.25, 0.3) is 0 Å². The number of hydrogen-bond acceptors (Lipinski definition) is 9. The SMILES string of the molecule is CCCCC/C=C\C/C=C\CCCCCCCCCCCC(=O)O[C@H](COC(=O)CCCCCCCCCCCCCCCCCCC)COP(=O)(O)OC[C@H](N)C(=O)O. The lowest BCUT2D eigenvalue weighted by molar-refractivity contribution is -0.161. The molecule has 0 rings (SSSR count). The highest BCUT2D eigenvalue weighted by molar-refractivity contribution is 7.47. The Labute approximate surface area is 366 Å². The fraction of sp³-hybridized carbons (Fsp3) is 0.854. The number of carboxylic acids is 1. The van der Waals surface area contributed by atoms with Crippen LogP contribution in [0.5, 0.6) is 0 Å². The normalized spacial score (nSPS) is 13.8. The second-order valence-corrected chi connectivity index (χ2v) is 18.1. The predicted octanol–water partition coefficient (Wildman–Crippen LogP) is 13.4. The summed E-state index contributed by atoms with van der Waals surface area (Å²) in [6.07, 6.45) is 46.6. The van der Waals surface area contributed by atoms with Crippen molar-refractivity contribution in [1.82, 2.24) is 0 Å². The number of unbranched alkanes of at least 4 members (excludes halogenated alkanes) is 28. The topological polar surface area (TPSA) is 172 Å². The number of phosphoric ester groups is 1. The molecule has 0 aromatic rings. The van der Waals surface area contributed by atoms with Gasteiger partial charge in [0, 0.05) is 12.8 Å². The average molecular weight is 872 g/mol. The van der Waals surface area contributed by atoms with Crippen molar-refractivity contribution in [3.8, 4) is 0 Å². The Morgan fingerprint density at radius 3 is 1.33 bits per heavy atom. The molecule has 0 amide bonds. The number of esters is 2. The van der Waals surface area contributed by atoms with Crippen molar-refractivity contribution in [3.05, 3.63) is 24.3 Å². The van der Waals surface area contributed by atoms with Crippen LogP contribution in [0.15, 0.2) is 24.3 Å². The molecule has 0 aliphatic rings. The van der Waals surface area contributed by atoms with Gasteiger partial charge in [0.15, 0.2) is 6.10 Å². The molecule has 60 heavy (non-hydrogen) atoms. The van der Waals surface area contributed by atoms with E-state index in [9.17, 15) is 23.8 Å². The van der Waals surface area contributed by atoms with Gasteiger partial charge in [0.1, 0.15) is 12.6 Å². The third-order valence-electron chi connectivity index (χ3n) is 10.7. The molecule has 0 aliphatic carbocycles. The van der Waals surface area contributed by atoms with Gasteiger partial charge in [-0.1, -0.05) is 199 Å². The molecule has 1 unspecified atom stereocenters. The molecule has 0 aliphatic heterocycles. The largest absolute Gasteiger partial charge is 0.480 e. The number of rotatable bonds is 46. The number of aliphatic carboxylic acids is 1. The Kier molecular flexibility index (Phi) is 42.1. The summed E-state index contributed by atoms with van der Waals surface area (Å²) in [5.41, 5.74) is 5.35. The van der Waals surface area contributed by atoms with Crippen LogP contribution in [0.3, 0.4) is 0 Å². The van der Waals surface area contributed by atoms with Crippen molar-refractivity contribution in [2.24, 2.45) is 5.73 Å². The van der Waals surface area contributed by atoms with E-state index < -0.39 is 51.1 Å². The molecule has 11 nitrogen and oxygen atoms in total. The molecule has 0 bridgehead atoms. The Bertz CT molecular complexity index is 1120. The summed E-state index contributed by atoms with van der Waals surface area (Å²) in [4.78, 5) is 46.1. The number of carbonyl (C=O) groups excluding carboxylic acids is 2. The van der Waals surface area contributed by atoms with E-state index in [0.29, 0.717) is 12.8 Å². The van der Waals surface area contributed by atoms with Crippen molar-refractivity contribution < 1.29 is 47.5 Å². The first-order valence-corrected chi connectivity index (χ1v) is 25.9. The highest BCUT2D eigenvalue weighted by atomic mass is 31.2. The number of ether oxygens (including phenoxy) is 2. The summed E-state index contributed by atoms with van der Waals surface area (Å²) < 4.78 is 32.8. The van der Waals surface area contributed by atoms with Gasteiger partial charge in [0.05, 0.1) is 13.2 Å². The molecule has 3 atom stereocenters. The average Bonchev–Trinajstić information content (AvgIpc) is 3.22. The van der Waals surface area contributed by atoms with E-state index in [-0.39, 0.29) is 19.4 Å². The Morgan fingerprint density at radius 2 is 0.883 bits per heavy atom. The van der Waals surface area contributed by atoms with Crippen LogP contribution < -0.4 is 5.73 Å². The van der Waals surface area contributed by atoms with Gasteiger partial charge in [-0.25, -0.2) is 4.57 Å². The maximum atomic E-state index is 12.7. The van der Waals surface area contributed by atoms with E-state index in [0.717, 1.165) is 51.4 Å². The first-order chi connectivity index (χ1) is 29.1. The van der Waals surface area contributed by atoms with Crippen molar-refractivity contribution >= 4 is 25.7 Å². The molecule has 0 aromatic heterocycles. The van der Waals surface area contributed by atoms with Gasteiger partial charge in [-0.05, 0) is 44.9 Å². The third kappa shape index (κ3) is 42.6. The van der Waals surface area contributed by atoms with Crippen molar-refractivity contribution in [2.75, 3.05) is 19.8 Å². The zero-order chi connectivity index (χ0) is 44.2. The first kappa shape index (κ1) is 58.0. The first-order valence-electron chi connectivity index (χ1n) is 24.4. The lowest BCUT2D eigenvalue weighted by atomic mass is 10.0. The Hall–Kier alpha value is -2.04. The smallest absolute Gasteiger partial charge is 0.472 e. The lowest BCUT2D eigenvalue weighted by Gasteiger charge is -2.20. The zero-order valence-corrected chi connectivity index (χ0v) is 39.2. The molecule has 12 heteroatoms. The summed E-state index contributed by atoms with van der Waals surface area (Å²) in [6, 6.07) is -1.52. The maximum Gasteiger partial charge on any atom is 0.472 e. The van der Waals surface area contributed by atoms with Crippen molar-refractivity contribution in [3.63, 3.8) is 0 Å². The minimum Gasteiger partial charge on any atom is -0.480 e. The van der Waals surface area contributed by atoms with Crippen LogP contribution in [0.1, 0.15) is 232 Å². The fourth-order valence-corrected chi connectivity index (χ4v) is 7.64. The van der Waals surface area contributed by atoms with E-state index in [1.54, 1.807) is 0 Å². The number of allylic oxidation sites excluding steroid dienone is 4. The minimum atomic E-state index is -4.72. The minimum absolute atomic E-state index is 0.159. The molecule has 0 aromatic carbocycles. The standard InChI is InChI=1S/C48H90NO10P/c1-3-5-7-9-11-13-15-17-19-21-22-24-26-28-30-32-34-36-38-40-47(51)59-44(42-57-60(54,55)58-43-45(49)48(52)53)41-56-46(50)39-37-35-33-31-29-27-25-23-20-18-16-14-12-10-8-6-4-2/h11,13,17,19,44-45H,3-10,12,14-16,18,20-43,49H2,1-2H3,(H,52,53)(H,54,55)/b13-11-,19-17-/t44-,45+/m1/s1. The third-order valence-corrected chi connectivity index (χ3v) is 11.7. The molecular formula is C48H90NO10P. The second kappa shape index (κ2) is 43.6. The van der Waals surface area contributed by atoms with Crippen LogP contribution >= 0.6 is 7.82 Å². The summed E-state index contributed by atoms with van der Waals surface area (Å²) in [7, 11) is -4.72. The molecule has 0 saturated carbocycles. The van der Waals surface area contributed by atoms with E-state index in [1.165, 1.54) is 141 Å². The van der Waals surface area contributed by atoms with Crippen LogP contribution in [0, 0.1) is 0 Å². The summed E-state index contributed by atoms with van der Waals surface area (Å²) in [5.74, 6) is -2.37. The summed E-state index contributed by atoms with van der Waals surface area (Å²) in [5, 5.41) is 8.91. The van der Waals surface area contributed by atoms with E-state index in [1.807, 2.05) is 0 Å². The van der Waals surface area contributed by atoms with Crippen LogP contribution in [0.4, 0.5) is 0 Å². The molecular weight excluding hydrogens is 781 g/mol. The molecule has 0 heterocycles. The van der Waals surface area contributed by atoms with Crippen molar-refractivity contribution in [2.45, 2.75) is 244 Å². The van der Waals surface area contributed by atoms with E-state index in [4.69, 9.17) is 24.8 Å². The van der Waals surface area contributed by atoms with Gasteiger partial charge in [0.25, 0.3) is 0 Å². The summed E-state index contributed by atoms with van der Waals surface area (Å²) >= 11 is 0. The lowest BCUT2D eigenvalue weighted by Crippen LogP contribution is -2.34. The predicted molar refractivity (Wildman–Crippen MR) is 245 cm³/mol. The van der Waals surface area contributed by atoms with Gasteiger partial charge in [0.2, 0.25) is 0 Å². The van der Waals surface area contributed by atoms with Crippen LogP contribution in [-0.4, -0.2) is 59.9 Å². The Morgan fingerprint density at radius 1 is 0.517 bits per heavy atom. The van der Waals surface area contributed by atoms with Crippen molar-refractivity contribution in [1.29, 1.82) is 0 Å². The molecule has 0 spiro atoms. The van der Waals surface area contributed by atoms with Gasteiger partial charge < -0.3 is 25.2 Å². The van der Waals surface area contributed by atoms with Crippen LogP contribution in [-0.2, 0) is 37.5 Å². The van der Waals surface area contributed by atoms with Gasteiger partial charge in [-0.15, -0.1) is 0 Å². The highest BCUT2D eigenvalue weighted by Gasteiger charge is 2.28. The molecule has 0 radical (unpaired) electrons. The number of hydrogen-bond donors (Lipinski definition) is 3. The zero-order valence-electron chi connectivity index (χ0n) is 38.3. The quantitative estimate of drug-likeness (QED) is 0.0230. The summed E-state index contributed by atoms with van der Waals surface area (Å²) in [6.45, 7) is 2.81. The second-order valence-electron chi connectivity index (χ2n) is 16.6. The molecule has 352 valence electrons. The molecule has 0 fully saturated rings. The maximum absolute atomic E-state index is 12.7. The Balaban J connectivity index is 4.27. The van der Waals surface area contributed by atoms with Gasteiger partial charge >= 0.3 is 25.7 Å². The molecule has 4 N–H and O–H groups in total. The number of nitrogens with two attached hydrogens (primary N) is 1. The van der Waals surface area contributed by atoms with Gasteiger partial charge in [-0.2, -0.15) is 0 Å². The number of phosphoric acid groups is 1. The number of carboxylic acid groups (broad SMARTS) is 1. The van der Waals surface area contributed by atoms with E-state index in [2.05, 4.69) is 42.7 Å². The molecule has 0 saturated heterocycles.